The molecule has 1 aliphatic rings. The standard InChI is InChI=1S/C15H21NO3/c1-10(19-2)7-8-14(18)16-15-12-6-4-3-5-11(12)9-13(15)17/h3-6,10,13,15,17H,7-9H2,1-2H3,(H,16,18)/t10?,13-,15+/m0/s1. The number of ether oxygens (including phenoxy) is 1. The highest BCUT2D eigenvalue weighted by atomic mass is 16.5. The van der Waals surface area contributed by atoms with E-state index in [-0.39, 0.29) is 18.1 Å². The molecular weight excluding hydrogens is 242 g/mol. The summed E-state index contributed by atoms with van der Waals surface area (Å²) >= 11 is 0. The van der Waals surface area contributed by atoms with Crippen molar-refractivity contribution >= 4 is 5.91 Å². The maximum atomic E-state index is 11.9. The molecule has 4 heteroatoms. The third-order valence-electron chi connectivity index (χ3n) is 3.70. The number of fused-ring (bicyclic) bond motifs is 1. The second-order valence-corrected chi connectivity index (χ2v) is 5.10. The first-order valence-corrected chi connectivity index (χ1v) is 6.70. The summed E-state index contributed by atoms with van der Waals surface area (Å²) in [5.74, 6) is -0.0374. The summed E-state index contributed by atoms with van der Waals surface area (Å²) in [6.45, 7) is 1.94. The van der Waals surface area contributed by atoms with Gasteiger partial charge >= 0.3 is 0 Å². The first kappa shape index (κ1) is 14.0. The molecule has 1 aromatic carbocycles. The van der Waals surface area contributed by atoms with E-state index >= 15 is 0 Å². The van der Waals surface area contributed by atoms with Gasteiger partial charge in [0.25, 0.3) is 0 Å². The highest BCUT2D eigenvalue weighted by Gasteiger charge is 2.31. The number of aliphatic hydroxyl groups excluding tert-OH is 1. The molecule has 0 radical (unpaired) electrons. The van der Waals surface area contributed by atoms with Crippen molar-refractivity contribution in [3.8, 4) is 0 Å². The van der Waals surface area contributed by atoms with Crippen LogP contribution >= 0.6 is 0 Å². The molecule has 1 unspecified atom stereocenters. The van der Waals surface area contributed by atoms with Crippen LogP contribution in [0.1, 0.15) is 36.9 Å². The Hall–Kier alpha value is -1.39. The number of carbonyl (C=O) groups is 1. The molecule has 104 valence electrons. The number of rotatable bonds is 5. The maximum Gasteiger partial charge on any atom is 0.220 e. The van der Waals surface area contributed by atoms with Gasteiger partial charge in [0.1, 0.15) is 0 Å². The fourth-order valence-corrected chi connectivity index (χ4v) is 2.45. The molecule has 0 fully saturated rings. The summed E-state index contributed by atoms with van der Waals surface area (Å²) in [5, 5.41) is 13.0. The summed E-state index contributed by atoms with van der Waals surface area (Å²) in [6.07, 6.45) is 1.26. The Morgan fingerprint density at radius 2 is 2.26 bits per heavy atom. The Labute approximate surface area is 113 Å². The quantitative estimate of drug-likeness (QED) is 0.848. The van der Waals surface area contributed by atoms with Crippen molar-refractivity contribution < 1.29 is 14.6 Å². The number of carbonyl (C=O) groups excluding carboxylic acids is 1. The van der Waals surface area contributed by atoms with Crippen molar-refractivity contribution in [2.24, 2.45) is 0 Å². The number of hydrogen-bond acceptors (Lipinski definition) is 3. The zero-order chi connectivity index (χ0) is 13.8. The molecule has 1 aliphatic carbocycles. The average molecular weight is 263 g/mol. The van der Waals surface area contributed by atoms with E-state index in [0.717, 1.165) is 11.1 Å². The van der Waals surface area contributed by atoms with Gasteiger partial charge < -0.3 is 15.2 Å². The lowest BCUT2D eigenvalue weighted by molar-refractivity contribution is -0.123. The van der Waals surface area contributed by atoms with E-state index in [1.54, 1.807) is 7.11 Å². The lowest BCUT2D eigenvalue weighted by Crippen LogP contribution is -2.34. The smallest absolute Gasteiger partial charge is 0.220 e. The van der Waals surface area contributed by atoms with Gasteiger partial charge in [-0.3, -0.25) is 4.79 Å². The van der Waals surface area contributed by atoms with Gasteiger partial charge in [-0.2, -0.15) is 0 Å². The minimum atomic E-state index is -0.527. The lowest BCUT2D eigenvalue weighted by atomic mass is 10.1. The number of methoxy groups -OCH3 is 1. The van der Waals surface area contributed by atoms with Crippen LogP contribution in [0.5, 0.6) is 0 Å². The number of nitrogens with one attached hydrogen (secondary N) is 1. The van der Waals surface area contributed by atoms with Gasteiger partial charge in [-0.15, -0.1) is 0 Å². The van der Waals surface area contributed by atoms with Gasteiger partial charge in [-0.1, -0.05) is 24.3 Å². The summed E-state index contributed by atoms with van der Waals surface area (Å²) < 4.78 is 5.12. The molecule has 4 nitrogen and oxygen atoms in total. The molecule has 3 atom stereocenters. The van der Waals surface area contributed by atoms with Crippen LogP contribution in [-0.2, 0) is 16.0 Å². The number of aliphatic hydroxyl groups is 1. The monoisotopic (exact) mass is 263 g/mol. The van der Waals surface area contributed by atoms with Crippen LogP contribution in [0.25, 0.3) is 0 Å². The van der Waals surface area contributed by atoms with E-state index in [0.29, 0.717) is 19.3 Å². The van der Waals surface area contributed by atoms with Gasteiger partial charge in [-0.25, -0.2) is 0 Å². The zero-order valence-electron chi connectivity index (χ0n) is 11.4. The van der Waals surface area contributed by atoms with Gasteiger partial charge in [0.05, 0.1) is 18.2 Å². The highest BCUT2D eigenvalue weighted by Crippen LogP contribution is 2.31. The topological polar surface area (TPSA) is 58.6 Å². The average Bonchev–Trinajstić information content (AvgIpc) is 2.72. The third-order valence-corrected chi connectivity index (χ3v) is 3.70. The molecular formula is C15H21NO3. The second kappa shape index (κ2) is 6.17. The van der Waals surface area contributed by atoms with Crippen molar-refractivity contribution in [2.45, 2.75) is 44.4 Å². The van der Waals surface area contributed by atoms with Gasteiger partial charge in [0.15, 0.2) is 0 Å². The summed E-state index contributed by atoms with van der Waals surface area (Å²) in [6, 6.07) is 7.58. The van der Waals surface area contributed by atoms with Crippen molar-refractivity contribution in [3.63, 3.8) is 0 Å². The molecule has 0 saturated heterocycles. The first-order chi connectivity index (χ1) is 9.11. The molecule has 1 amide bonds. The maximum absolute atomic E-state index is 11.9. The van der Waals surface area contributed by atoms with Gasteiger partial charge in [0, 0.05) is 20.0 Å². The molecule has 0 aliphatic heterocycles. The van der Waals surface area contributed by atoms with Crippen LogP contribution in [0.2, 0.25) is 0 Å². The van der Waals surface area contributed by atoms with Crippen LogP contribution in [0.15, 0.2) is 24.3 Å². The van der Waals surface area contributed by atoms with Crippen LogP contribution < -0.4 is 5.32 Å². The Balaban J connectivity index is 1.94. The molecule has 0 saturated carbocycles. The molecule has 0 aromatic heterocycles. The van der Waals surface area contributed by atoms with Crippen molar-refractivity contribution in [2.75, 3.05) is 7.11 Å². The molecule has 0 bridgehead atoms. The van der Waals surface area contributed by atoms with Crippen LogP contribution in [-0.4, -0.2) is 30.3 Å². The normalized spacial score (nSPS) is 22.9. The molecule has 2 N–H and O–H groups in total. The number of benzene rings is 1. The largest absolute Gasteiger partial charge is 0.390 e. The second-order valence-electron chi connectivity index (χ2n) is 5.10. The summed E-state index contributed by atoms with van der Waals surface area (Å²) in [5.41, 5.74) is 2.15. The minimum absolute atomic E-state index is 0.0374. The van der Waals surface area contributed by atoms with Crippen molar-refractivity contribution in [3.05, 3.63) is 35.4 Å². The third kappa shape index (κ3) is 3.33. The van der Waals surface area contributed by atoms with E-state index in [9.17, 15) is 9.90 Å². The number of amides is 1. The fourth-order valence-electron chi connectivity index (χ4n) is 2.45. The SMILES string of the molecule is COC(C)CCC(=O)N[C@@H]1c2ccccc2C[C@@H]1O. The van der Waals surface area contributed by atoms with Gasteiger partial charge in [-0.05, 0) is 24.5 Å². The van der Waals surface area contributed by atoms with E-state index in [2.05, 4.69) is 5.32 Å². The molecule has 2 rings (SSSR count). The lowest BCUT2D eigenvalue weighted by Gasteiger charge is -2.18. The Morgan fingerprint density at radius 3 is 3.00 bits per heavy atom. The molecule has 19 heavy (non-hydrogen) atoms. The van der Waals surface area contributed by atoms with E-state index in [1.807, 2.05) is 31.2 Å². The summed E-state index contributed by atoms with van der Waals surface area (Å²) in [7, 11) is 1.64. The fraction of sp³-hybridized carbons (Fsp3) is 0.533. The zero-order valence-corrected chi connectivity index (χ0v) is 11.4. The van der Waals surface area contributed by atoms with Crippen molar-refractivity contribution in [1.29, 1.82) is 0 Å². The Morgan fingerprint density at radius 1 is 1.53 bits per heavy atom. The van der Waals surface area contributed by atoms with E-state index < -0.39 is 6.10 Å². The predicted octanol–water partition coefficient (Wildman–Crippen LogP) is 1.58. The van der Waals surface area contributed by atoms with E-state index in [1.165, 1.54) is 0 Å². The first-order valence-electron chi connectivity index (χ1n) is 6.70. The number of hydrogen-bond donors (Lipinski definition) is 2. The molecule has 0 heterocycles. The minimum Gasteiger partial charge on any atom is -0.390 e. The molecule has 0 spiro atoms. The van der Waals surface area contributed by atoms with Gasteiger partial charge in [0.2, 0.25) is 5.91 Å². The van der Waals surface area contributed by atoms with Crippen LogP contribution in [0.4, 0.5) is 0 Å². The Kier molecular flexibility index (Phi) is 4.56. The van der Waals surface area contributed by atoms with E-state index in [4.69, 9.17) is 4.74 Å². The predicted molar refractivity (Wildman–Crippen MR) is 72.7 cm³/mol. The van der Waals surface area contributed by atoms with Crippen LogP contribution in [0.3, 0.4) is 0 Å². The highest BCUT2D eigenvalue weighted by molar-refractivity contribution is 5.76. The molecule has 1 aromatic rings. The Bertz CT molecular complexity index is 447. The summed E-state index contributed by atoms with van der Waals surface area (Å²) in [4.78, 5) is 11.9. The van der Waals surface area contributed by atoms with Crippen molar-refractivity contribution in [1.82, 2.24) is 5.32 Å². The van der Waals surface area contributed by atoms with Crippen LogP contribution in [0, 0.1) is 0 Å².